The molecular weight excluding hydrogens is 430 g/mol. The van der Waals surface area contributed by atoms with Crippen molar-refractivity contribution in [1.82, 2.24) is 29.8 Å². The molecule has 0 saturated heterocycles. The standard InChI is InChI=1S/C22H27N7O2.ClH/c1-15-11-16(17-12-19-22(18(13-23)24-17)25-26-29(19)5)7-8-20(15)31-10-6-9-28(4)14-21(30)27(2)3;/h7-8,11-12H,6,9-10,14H2,1-5H3;1H. The molecule has 0 radical (unpaired) electrons. The molecule has 0 aliphatic heterocycles. The molecule has 3 aromatic rings. The van der Waals surface area contributed by atoms with E-state index in [1.807, 2.05) is 43.1 Å². The average Bonchev–Trinajstić information content (AvgIpc) is 3.12. The smallest absolute Gasteiger partial charge is 0.236 e. The van der Waals surface area contributed by atoms with Crippen LogP contribution < -0.4 is 4.74 Å². The number of hydrogen-bond acceptors (Lipinski definition) is 7. The number of aryl methyl sites for hydroxylation is 2. The number of halogens is 1. The SMILES string of the molecule is Cc1cc(-c2cc3c(nnn3C)c(C#N)n2)ccc1OCCCN(C)CC(=O)N(C)C.Cl. The zero-order valence-corrected chi connectivity index (χ0v) is 19.8. The molecule has 0 N–H and O–H groups in total. The van der Waals surface area contributed by atoms with Gasteiger partial charge in [0.15, 0.2) is 5.69 Å². The zero-order valence-electron chi connectivity index (χ0n) is 19.0. The average molecular weight is 458 g/mol. The summed E-state index contributed by atoms with van der Waals surface area (Å²) in [7, 11) is 7.23. The second kappa shape index (κ2) is 10.9. The molecule has 3 rings (SSSR count). The fraction of sp³-hybridized carbons (Fsp3) is 0.409. The Hall–Kier alpha value is -3.22. The highest BCUT2D eigenvalue weighted by molar-refractivity contribution is 5.85. The number of ether oxygens (including phenoxy) is 1. The minimum Gasteiger partial charge on any atom is -0.493 e. The predicted molar refractivity (Wildman–Crippen MR) is 125 cm³/mol. The summed E-state index contributed by atoms with van der Waals surface area (Å²) in [4.78, 5) is 19.8. The van der Waals surface area contributed by atoms with Crippen LogP contribution in [0, 0.1) is 18.3 Å². The van der Waals surface area contributed by atoms with E-state index in [0.29, 0.717) is 24.4 Å². The van der Waals surface area contributed by atoms with Crippen LogP contribution in [0.3, 0.4) is 0 Å². The first-order valence-electron chi connectivity index (χ1n) is 10.0. The maximum Gasteiger partial charge on any atom is 0.236 e. The minimum atomic E-state index is 0. The van der Waals surface area contributed by atoms with Gasteiger partial charge in [0.2, 0.25) is 5.91 Å². The van der Waals surface area contributed by atoms with Crippen molar-refractivity contribution in [3.8, 4) is 23.1 Å². The van der Waals surface area contributed by atoms with E-state index < -0.39 is 0 Å². The van der Waals surface area contributed by atoms with Crippen molar-refractivity contribution >= 4 is 29.3 Å². The Morgan fingerprint density at radius 1 is 1.25 bits per heavy atom. The van der Waals surface area contributed by atoms with Gasteiger partial charge in [0.1, 0.15) is 17.3 Å². The number of nitriles is 1. The third kappa shape index (κ3) is 5.72. The first-order valence-corrected chi connectivity index (χ1v) is 10.0. The maximum atomic E-state index is 11.7. The van der Waals surface area contributed by atoms with Gasteiger partial charge in [-0.2, -0.15) is 5.26 Å². The summed E-state index contributed by atoms with van der Waals surface area (Å²) in [6, 6.07) is 9.84. The Morgan fingerprint density at radius 3 is 2.66 bits per heavy atom. The van der Waals surface area contributed by atoms with Crippen LogP contribution in [0.4, 0.5) is 0 Å². The second-order valence-electron chi connectivity index (χ2n) is 7.76. The highest BCUT2D eigenvalue weighted by Crippen LogP contribution is 2.27. The molecule has 32 heavy (non-hydrogen) atoms. The molecule has 10 heteroatoms. The van der Waals surface area contributed by atoms with Gasteiger partial charge in [-0.25, -0.2) is 9.67 Å². The van der Waals surface area contributed by atoms with Crippen LogP contribution >= 0.6 is 12.4 Å². The molecular formula is C22H28ClN7O2. The predicted octanol–water partition coefficient (Wildman–Crippen LogP) is 2.42. The molecule has 0 unspecified atom stereocenters. The van der Waals surface area contributed by atoms with Crippen LogP contribution in [-0.4, -0.2) is 76.5 Å². The molecule has 1 amide bonds. The summed E-state index contributed by atoms with van der Waals surface area (Å²) in [5.41, 5.74) is 4.09. The lowest BCUT2D eigenvalue weighted by Gasteiger charge is -2.19. The summed E-state index contributed by atoms with van der Waals surface area (Å²) in [5.74, 6) is 0.891. The molecule has 0 atom stereocenters. The van der Waals surface area contributed by atoms with Gasteiger partial charge in [-0.3, -0.25) is 9.69 Å². The first-order chi connectivity index (χ1) is 14.8. The van der Waals surface area contributed by atoms with Gasteiger partial charge < -0.3 is 9.64 Å². The third-order valence-corrected chi connectivity index (χ3v) is 5.02. The van der Waals surface area contributed by atoms with Crippen molar-refractivity contribution in [2.75, 3.05) is 40.8 Å². The van der Waals surface area contributed by atoms with Crippen LogP contribution in [0.15, 0.2) is 24.3 Å². The monoisotopic (exact) mass is 457 g/mol. The Labute approximate surface area is 194 Å². The number of rotatable bonds is 8. The van der Waals surface area contributed by atoms with Gasteiger partial charge in [0.05, 0.1) is 24.4 Å². The summed E-state index contributed by atoms with van der Waals surface area (Å²) >= 11 is 0. The highest BCUT2D eigenvalue weighted by Gasteiger charge is 2.13. The van der Waals surface area contributed by atoms with Gasteiger partial charge in [-0.1, -0.05) is 5.21 Å². The van der Waals surface area contributed by atoms with Gasteiger partial charge >= 0.3 is 0 Å². The first kappa shape index (κ1) is 25.0. The van der Waals surface area contributed by atoms with Gasteiger partial charge in [-0.05, 0) is 50.2 Å². The lowest BCUT2D eigenvalue weighted by molar-refractivity contribution is -0.129. The lowest BCUT2D eigenvalue weighted by atomic mass is 10.1. The van der Waals surface area contributed by atoms with E-state index in [9.17, 15) is 10.1 Å². The molecule has 1 aromatic carbocycles. The van der Waals surface area contributed by atoms with Crippen molar-refractivity contribution < 1.29 is 9.53 Å². The zero-order chi connectivity index (χ0) is 22.5. The van der Waals surface area contributed by atoms with E-state index in [-0.39, 0.29) is 24.0 Å². The number of likely N-dealkylation sites (N-methyl/N-ethyl adjacent to an activating group) is 2. The van der Waals surface area contributed by atoms with Crippen LogP contribution in [0.2, 0.25) is 0 Å². The van der Waals surface area contributed by atoms with Crippen LogP contribution in [0.25, 0.3) is 22.3 Å². The number of aromatic nitrogens is 4. The third-order valence-electron chi connectivity index (χ3n) is 5.02. The molecule has 2 heterocycles. The fourth-order valence-corrected chi connectivity index (χ4v) is 3.19. The van der Waals surface area contributed by atoms with E-state index in [1.165, 1.54) is 0 Å². The van der Waals surface area contributed by atoms with E-state index in [2.05, 4.69) is 21.4 Å². The largest absolute Gasteiger partial charge is 0.493 e. The number of carbonyl (C=O) groups excluding carboxylic acids is 1. The minimum absolute atomic E-state index is 0. The molecule has 0 fully saturated rings. The molecule has 0 aliphatic carbocycles. The number of pyridine rings is 1. The number of carbonyl (C=O) groups is 1. The summed E-state index contributed by atoms with van der Waals surface area (Å²) in [5, 5.41) is 17.4. The Bertz CT molecular complexity index is 1140. The second-order valence-corrected chi connectivity index (χ2v) is 7.76. The molecule has 0 aliphatic rings. The van der Waals surface area contributed by atoms with Crippen molar-refractivity contribution in [3.05, 3.63) is 35.5 Å². The molecule has 0 bridgehead atoms. The van der Waals surface area contributed by atoms with Gasteiger partial charge in [0.25, 0.3) is 0 Å². The Morgan fingerprint density at radius 2 is 2.00 bits per heavy atom. The van der Waals surface area contributed by atoms with Gasteiger partial charge in [-0.15, -0.1) is 17.5 Å². The summed E-state index contributed by atoms with van der Waals surface area (Å²) in [6.07, 6.45) is 0.815. The van der Waals surface area contributed by atoms with E-state index >= 15 is 0 Å². The summed E-state index contributed by atoms with van der Waals surface area (Å²) in [6.45, 7) is 3.71. The van der Waals surface area contributed by atoms with Gasteiger partial charge in [0, 0.05) is 33.3 Å². The molecule has 9 nitrogen and oxygen atoms in total. The van der Waals surface area contributed by atoms with Crippen molar-refractivity contribution in [1.29, 1.82) is 5.26 Å². The maximum absolute atomic E-state index is 11.7. The fourth-order valence-electron chi connectivity index (χ4n) is 3.19. The number of nitrogens with zero attached hydrogens (tertiary/aromatic N) is 7. The molecule has 2 aromatic heterocycles. The van der Waals surface area contributed by atoms with E-state index in [0.717, 1.165) is 35.4 Å². The summed E-state index contributed by atoms with van der Waals surface area (Å²) < 4.78 is 7.57. The molecule has 170 valence electrons. The highest BCUT2D eigenvalue weighted by atomic mass is 35.5. The topological polar surface area (TPSA) is 100 Å². The number of hydrogen-bond donors (Lipinski definition) is 0. The Balaban J connectivity index is 0.00000363. The van der Waals surface area contributed by atoms with Crippen LogP contribution in [0.1, 0.15) is 17.7 Å². The molecule has 0 spiro atoms. The van der Waals surface area contributed by atoms with Crippen molar-refractivity contribution in [2.45, 2.75) is 13.3 Å². The van der Waals surface area contributed by atoms with Crippen molar-refractivity contribution in [2.24, 2.45) is 7.05 Å². The number of fused-ring (bicyclic) bond motifs is 1. The molecule has 0 saturated carbocycles. The van der Waals surface area contributed by atoms with Crippen LogP contribution in [-0.2, 0) is 11.8 Å². The Kier molecular flexibility index (Phi) is 8.52. The number of benzene rings is 1. The van der Waals surface area contributed by atoms with Crippen LogP contribution in [0.5, 0.6) is 5.75 Å². The van der Waals surface area contributed by atoms with E-state index in [4.69, 9.17) is 4.74 Å². The van der Waals surface area contributed by atoms with E-state index in [1.54, 1.807) is 30.7 Å². The normalized spacial score (nSPS) is 10.7. The quantitative estimate of drug-likeness (QED) is 0.479. The number of amides is 1. The lowest BCUT2D eigenvalue weighted by Crippen LogP contribution is -2.35. The van der Waals surface area contributed by atoms with Crippen molar-refractivity contribution in [3.63, 3.8) is 0 Å².